The molecule has 0 atom stereocenters. The summed E-state index contributed by atoms with van der Waals surface area (Å²) in [5.74, 6) is 2.55. The van der Waals surface area contributed by atoms with Gasteiger partial charge in [0, 0.05) is 0 Å². The van der Waals surface area contributed by atoms with Crippen LogP contribution >= 0.6 is 11.3 Å². The number of aromatic nitrogens is 2. The molecule has 5 nitrogen and oxygen atoms in total. The predicted octanol–water partition coefficient (Wildman–Crippen LogP) is 2.27. The monoisotopic (exact) mass is 304 g/mol. The van der Waals surface area contributed by atoms with Crippen molar-refractivity contribution in [2.24, 2.45) is 0 Å². The van der Waals surface area contributed by atoms with Gasteiger partial charge in [0.1, 0.15) is 15.5 Å². The molecular formula is C15H16N2O3S. The highest BCUT2D eigenvalue weighted by Crippen LogP contribution is 2.28. The first-order valence-electron chi connectivity index (χ1n) is 6.51. The Morgan fingerprint density at radius 2 is 2.14 bits per heavy atom. The number of nitrogens with zero attached hydrogens (tertiary/aromatic N) is 2. The molecule has 0 bridgehead atoms. The lowest BCUT2D eigenvalue weighted by Crippen LogP contribution is -2.23. The zero-order valence-electron chi connectivity index (χ0n) is 12.4. The van der Waals surface area contributed by atoms with Crippen molar-refractivity contribution in [1.29, 1.82) is 0 Å². The van der Waals surface area contributed by atoms with Crippen molar-refractivity contribution in [2.45, 2.75) is 40.3 Å². The van der Waals surface area contributed by atoms with E-state index in [-0.39, 0.29) is 18.2 Å². The summed E-state index contributed by atoms with van der Waals surface area (Å²) >= 11 is 1.18. The SMILES string of the molecule is C#CCn1c(C)nc2sc(C(=O)OC(C)C)c(C)c2c1=O. The van der Waals surface area contributed by atoms with Crippen molar-refractivity contribution < 1.29 is 9.53 Å². The number of aryl methyl sites for hydroxylation is 2. The predicted molar refractivity (Wildman–Crippen MR) is 82.7 cm³/mol. The van der Waals surface area contributed by atoms with Gasteiger partial charge in [0.15, 0.2) is 0 Å². The van der Waals surface area contributed by atoms with Crippen LogP contribution in [0.5, 0.6) is 0 Å². The van der Waals surface area contributed by atoms with Crippen molar-refractivity contribution in [3.63, 3.8) is 0 Å². The molecule has 0 radical (unpaired) electrons. The Labute approximate surface area is 126 Å². The molecule has 0 saturated heterocycles. The molecule has 2 rings (SSSR count). The first kappa shape index (κ1) is 15.3. The highest BCUT2D eigenvalue weighted by atomic mass is 32.1. The van der Waals surface area contributed by atoms with E-state index in [4.69, 9.17) is 11.2 Å². The number of hydrogen-bond acceptors (Lipinski definition) is 5. The average molecular weight is 304 g/mol. The molecule has 0 spiro atoms. The van der Waals surface area contributed by atoms with E-state index in [0.29, 0.717) is 26.5 Å². The van der Waals surface area contributed by atoms with E-state index in [1.54, 1.807) is 27.7 Å². The van der Waals surface area contributed by atoms with Gasteiger partial charge in [-0.25, -0.2) is 9.78 Å². The Bertz CT molecular complexity index is 809. The molecule has 0 aliphatic rings. The van der Waals surface area contributed by atoms with E-state index >= 15 is 0 Å². The number of ether oxygens (including phenoxy) is 1. The lowest BCUT2D eigenvalue weighted by Gasteiger charge is -2.06. The summed E-state index contributed by atoms with van der Waals surface area (Å²) in [6.07, 6.45) is 5.07. The second-order valence-corrected chi connectivity index (χ2v) is 5.94. The van der Waals surface area contributed by atoms with E-state index < -0.39 is 5.97 Å². The minimum Gasteiger partial charge on any atom is -0.459 e. The Kier molecular flexibility index (Phi) is 4.14. The largest absolute Gasteiger partial charge is 0.459 e. The molecule has 21 heavy (non-hydrogen) atoms. The lowest BCUT2D eigenvalue weighted by molar-refractivity contribution is 0.0383. The highest BCUT2D eigenvalue weighted by molar-refractivity contribution is 7.20. The fourth-order valence-corrected chi connectivity index (χ4v) is 3.16. The number of carbonyl (C=O) groups excluding carboxylic acids is 1. The normalized spacial score (nSPS) is 10.9. The van der Waals surface area contributed by atoms with Gasteiger partial charge in [-0.05, 0) is 33.3 Å². The zero-order chi connectivity index (χ0) is 15.7. The fraction of sp³-hybridized carbons (Fsp3) is 0.400. The van der Waals surface area contributed by atoms with Crippen LogP contribution in [0.15, 0.2) is 4.79 Å². The Balaban J connectivity index is 2.68. The van der Waals surface area contributed by atoms with Crippen LogP contribution in [0.2, 0.25) is 0 Å². The van der Waals surface area contributed by atoms with Gasteiger partial charge < -0.3 is 4.74 Å². The summed E-state index contributed by atoms with van der Waals surface area (Å²) < 4.78 is 6.63. The molecular weight excluding hydrogens is 288 g/mol. The summed E-state index contributed by atoms with van der Waals surface area (Å²) in [5, 5.41) is 0.441. The van der Waals surface area contributed by atoms with Crippen LogP contribution in [0, 0.1) is 26.2 Å². The van der Waals surface area contributed by atoms with Gasteiger partial charge in [-0.1, -0.05) is 5.92 Å². The quantitative estimate of drug-likeness (QED) is 0.644. The van der Waals surface area contributed by atoms with Gasteiger partial charge in [-0.15, -0.1) is 17.8 Å². The van der Waals surface area contributed by atoms with Gasteiger partial charge in [-0.3, -0.25) is 9.36 Å². The summed E-state index contributed by atoms with van der Waals surface area (Å²) in [5.41, 5.74) is 0.386. The second-order valence-electron chi connectivity index (χ2n) is 4.94. The molecule has 0 fully saturated rings. The molecule has 0 saturated carbocycles. The van der Waals surface area contributed by atoms with Crippen LogP contribution in [-0.2, 0) is 11.3 Å². The third-order valence-corrected chi connectivity index (χ3v) is 4.18. The topological polar surface area (TPSA) is 61.2 Å². The van der Waals surface area contributed by atoms with Crippen molar-refractivity contribution in [1.82, 2.24) is 9.55 Å². The lowest BCUT2D eigenvalue weighted by atomic mass is 10.2. The first-order chi connectivity index (χ1) is 9.86. The smallest absolute Gasteiger partial charge is 0.348 e. The van der Waals surface area contributed by atoms with Gasteiger partial charge in [-0.2, -0.15) is 0 Å². The van der Waals surface area contributed by atoms with E-state index in [9.17, 15) is 9.59 Å². The standard InChI is InChI=1S/C15H16N2O3S/c1-6-7-17-10(5)16-13-11(14(17)18)9(4)12(21-13)15(19)20-8(2)3/h1,8H,7H2,2-5H3. The number of terminal acetylenes is 1. The fourth-order valence-electron chi connectivity index (χ4n) is 2.06. The van der Waals surface area contributed by atoms with E-state index in [1.807, 2.05) is 0 Å². The summed E-state index contributed by atoms with van der Waals surface area (Å²) in [6.45, 7) is 7.17. The number of thiophene rings is 1. The Morgan fingerprint density at radius 3 is 2.71 bits per heavy atom. The maximum Gasteiger partial charge on any atom is 0.348 e. The van der Waals surface area contributed by atoms with E-state index in [1.165, 1.54) is 15.9 Å². The molecule has 0 aliphatic carbocycles. The van der Waals surface area contributed by atoms with E-state index in [0.717, 1.165) is 0 Å². The van der Waals surface area contributed by atoms with E-state index in [2.05, 4.69) is 10.9 Å². The molecule has 0 amide bonds. The second kappa shape index (κ2) is 5.70. The molecule has 0 unspecified atom stereocenters. The summed E-state index contributed by atoms with van der Waals surface area (Å²) in [6, 6.07) is 0. The Hall–Kier alpha value is -2.13. The van der Waals surface area contributed by atoms with Crippen molar-refractivity contribution in [3.05, 3.63) is 26.6 Å². The van der Waals surface area contributed by atoms with Gasteiger partial charge in [0.25, 0.3) is 5.56 Å². The van der Waals surface area contributed by atoms with Crippen LogP contribution < -0.4 is 5.56 Å². The maximum absolute atomic E-state index is 12.5. The average Bonchev–Trinajstić information content (AvgIpc) is 2.71. The molecule has 110 valence electrons. The third kappa shape index (κ3) is 2.69. The number of esters is 1. The molecule has 0 N–H and O–H groups in total. The Morgan fingerprint density at radius 1 is 1.48 bits per heavy atom. The molecule has 2 aromatic heterocycles. The minimum absolute atomic E-state index is 0.161. The summed E-state index contributed by atoms with van der Waals surface area (Å²) in [7, 11) is 0. The van der Waals surface area contributed by atoms with Crippen LogP contribution in [0.1, 0.15) is 34.9 Å². The molecule has 2 heterocycles. The minimum atomic E-state index is -0.425. The van der Waals surface area contributed by atoms with Crippen molar-refractivity contribution in [2.75, 3.05) is 0 Å². The number of carbonyl (C=O) groups is 1. The molecule has 2 aromatic rings. The summed E-state index contributed by atoms with van der Waals surface area (Å²) in [4.78, 5) is 29.9. The first-order valence-corrected chi connectivity index (χ1v) is 7.33. The van der Waals surface area contributed by atoms with Crippen LogP contribution in [0.4, 0.5) is 0 Å². The number of hydrogen-bond donors (Lipinski definition) is 0. The highest BCUT2D eigenvalue weighted by Gasteiger charge is 2.22. The van der Waals surface area contributed by atoms with Crippen molar-refractivity contribution >= 4 is 27.5 Å². The maximum atomic E-state index is 12.5. The number of fused-ring (bicyclic) bond motifs is 1. The van der Waals surface area contributed by atoms with Crippen molar-refractivity contribution in [3.8, 4) is 12.3 Å². The van der Waals surface area contributed by atoms with Crippen LogP contribution in [0.25, 0.3) is 10.2 Å². The zero-order valence-corrected chi connectivity index (χ0v) is 13.2. The van der Waals surface area contributed by atoms with Gasteiger partial charge >= 0.3 is 5.97 Å². The molecule has 0 aliphatic heterocycles. The molecule has 0 aromatic carbocycles. The number of rotatable bonds is 3. The van der Waals surface area contributed by atoms with Gasteiger partial charge in [0.05, 0.1) is 18.0 Å². The third-order valence-electron chi connectivity index (χ3n) is 3.02. The molecule has 6 heteroatoms. The van der Waals surface area contributed by atoms with Crippen LogP contribution in [-0.4, -0.2) is 21.6 Å². The van der Waals surface area contributed by atoms with Gasteiger partial charge in [0.2, 0.25) is 0 Å². The van der Waals surface area contributed by atoms with Crippen LogP contribution in [0.3, 0.4) is 0 Å².